The first-order chi connectivity index (χ1) is 8.53. The van der Waals surface area contributed by atoms with E-state index in [-0.39, 0.29) is 23.5 Å². The molecule has 8 heteroatoms. The minimum absolute atomic E-state index is 0. The molecule has 19 heavy (non-hydrogen) atoms. The standard InChI is InChI=1S/C11H20N4O2S.ClH/c1-3-15-11(7-9(2)14-15)18(16,17)13-8-10-5-4-6-12-10;/h7,10,12-13H,3-6,8H2,1-2H3;1H/t10-;/m0./s1. The summed E-state index contributed by atoms with van der Waals surface area (Å²) in [6.07, 6.45) is 2.13. The van der Waals surface area contributed by atoms with Crippen LogP contribution in [0, 0.1) is 6.92 Å². The van der Waals surface area contributed by atoms with Gasteiger partial charge in [0.2, 0.25) is 0 Å². The average molecular weight is 309 g/mol. The Kier molecular flexibility index (Phi) is 5.79. The molecule has 0 unspecified atom stereocenters. The Labute approximate surface area is 120 Å². The van der Waals surface area contributed by atoms with Crippen LogP contribution in [0.5, 0.6) is 0 Å². The highest BCUT2D eigenvalue weighted by molar-refractivity contribution is 7.89. The van der Waals surface area contributed by atoms with E-state index in [1.54, 1.807) is 13.0 Å². The zero-order valence-corrected chi connectivity index (χ0v) is 12.9. The van der Waals surface area contributed by atoms with Crippen LogP contribution >= 0.6 is 12.4 Å². The number of nitrogens with zero attached hydrogens (tertiary/aromatic N) is 2. The topological polar surface area (TPSA) is 76.0 Å². The number of hydrogen-bond donors (Lipinski definition) is 2. The molecule has 0 amide bonds. The molecule has 0 spiro atoms. The molecule has 110 valence electrons. The SMILES string of the molecule is CCn1nc(C)cc1S(=O)(=O)NC[C@@H]1CCCN1.Cl. The summed E-state index contributed by atoms with van der Waals surface area (Å²) >= 11 is 0. The molecule has 1 aromatic rings. The fourth-order valence-corrected chi connectivity index (χ4v) is 3.52. The van der Waals surface area contributed by atoms with Crippen molar-refractivity contribution in [3.05, 3.63) is 11.8 Å². The molecule has 2 heterocycles. The largest absolute Gasteiger partial charge is 0.313 e. The Balaban J connectivity index is 0.00000180. The summed E-state index contributed by atoms with van der Waals surface area (Å²) < 4.78 is 28.5. The molecule has 0 radical (unpaired) electrons. The van der Waals surface area contributed by atoms with E-state index in [1.807, 2.05) is 6.92 Å². The minimum atomic E-state index is -3.46. The molecule has 2 N–H and O–H groups in total. The molecular formula is C11H21ClN4O2S. The van der Waals surface area contributed by atoms with Gasteiger partial charge < -0.3 is 5.32 Å². The van der Waals surface area contributed by atoms with Crippen LogP contribution < -0.4 is 10.0 Å². The Morgan fingerprint density at radius 1 is 1.58 bits per heavy atom. The molecule has 0 bridgehead atoms. The van der Waals surface area contributed by atoms with Gasteiger partial charge in [0, 0.05) is 19.1 Å². The Morgan fingerprint density at radius 3 is 2.89 bits per heavy atom. The number of hydrogen-bond acceptors (Lipinski definition) is 4. The molecule has 1 atom stereocenters. The molecular weight excluding hydrogens is 288 g/mol. The van der Waals surface area contributed by atoms with Crippen LogP contribution in [-0.4, -0.2) is 37.3 Å². The maximum Gasteiger partial charge on any atom is 0.257 e. The third-order valence-corrected chi connectivity index (χ3v) is 4.55. The molecule has 0 aliphatic carbocycles. The third-order valence-electron chi connectivity index (χ3n) is 3.12. The smallest absolute Gasteiger partial charge is 0.257 e. The summed E-state index contributed by atoms with van der Waals surface area (Å²) in [5, 5.41) is 7.67. The third kappa shape index (κ3) is 3.92. The van der Waals surface area contributed by atoms with Crippen molar-refractivity contribution in [2.24, 2.45) is 0 Å². The second-order valence-corrected chi connectivity index (χ2v) is 6.30. The molecule has 0 saturated carbocycles. The summed E-state index contributed by atoms with van der Waals surface area (Å²) in [7, 11) is -3.46. The van der Waals surface area contributed by atoms with E-state index in [4.69, 9.17) is 0 Å². The first kappa shape index (κ1) is 16.4. The number of aryl methyl sites for hydroxylation is 2. The number of nitrogens with one attached hydrogen (secondary N) is 2. The summed E-state index contributed by atoms with van der Waals surface area (Å²) in [6.45, 7) is 5.63. The number of halogens is 1. The van der Waals surface area contributed by atoms with Gasteiger partial charge >= 0.3 is 0 Å². The van der Waals surface area contributed by atoms with Gasteiger partial charge in [-0.05, 0) is 39.3 Å². The normalized spacial score (nSPS) is 19.4. The summed E-state index contributed by atoms with van der Waals surface area (Å²) in [6, 6.07) is 1.85. The molecule has 1 saturated heterocycles. The fourth-order valence-electron chi connectivity index (χ4n) is 2.18. The van der Waals surface area contributed by atoms with Gasteiger partial charge in [-0.2, -0.15) is 5.10 Å². The van der Waals surface area contributed by atoms with Gasteiger partial charge in [0.05, 0.1) is 5.69 Å². The highest BCUT2D eigenvalue weighted by Gasteiger charge is 2.22. The zero-order chi connectivity index (χ0) is 13.2. The van der Waals surface area contributed by atoms with Crippen LogP contribution in [0.15, 0.2) is 11.1 Å². The lowest BCUT2D eigenvalue weighted by Gasteiger charge is -2.12. The monoisotopic (exact) mass is 308 g/mol. The number of rotatable bonds is 5. The van der Waals surface area contributed by atoms with Crippen molar-refractivity contribution in [1.82, 2.24) is 19.8 Å². The van der Waals surface area contributed by atoms with Gasteiger partial charge in [-0.15, -0.1) is 12.4 Å². The van der Waals surface area contributed by atoms with Gasteiger partial charge in [0.1, 0.15) is 0 Å². The van der Waals surface area contributed by atoms with Crippen molar-refractivity contribution < 1.29 is 8.42 Å². The van der Waals surface area contributed by atoms with E-state index in [0.717, 1.165) is 25.1 Å². The fraction of sp³-hybridized carbons (Fsp3) is 0.727. The number of aromatic nitrogens is 2. The van der Waals surface area contributed by atoms with Gasteiger partial charge in [-0.25, -0.2) is 13.1 Å². The Bertz CT molecular complexity index is 509. The minimum Gasteiger partial charge on any atom is -0.313 e. The summed E-state index contributed by atoms with van der Waals surface area (Å²) in [4.78, 5) is 0. The second kappa shape index (κ2) is 6.69. The lowest BCUT2D eigenvalue weighted by molar-refractivity contribution is 0.528. The van der Waals surface area contributed by atoms with Crippen LogP contribution in [-0.2, 0) is 16.6 Å². The lowest BCUT2D eigenvalue weighted by Crippen LogP contribution is -2.37. The van der Waals surface area contributed by atoms with Crippen molar-refractivity contribution in [2.45, 2.75) is 44.3 Å². The van der Waals surface area contributed by atoms with E-state index in [0.29, 0.717) is 13.1 Å². The highest BCUT2D eigenvalue weighted by atomic mass is 35.5. The number of sulfonamides is 1. The lowest BCUT2D eigenvalue weighted by atomic mass is 10.2. The van der Waals surface area contributed by atoms with Gasteiger partial charge in [-0.1, -0.05) is 0 Å². The molecule has 1 aromatic heterocycles. The van der Waals surface area contributed by atoms with Gasteiger partial charge in [0.25, 0.3) is 10.0 Å². The predicted octanol–water partition coefficient (Wildman–Crippen LogP) is 0.664. The van der Waals surface area contributed by atoms with Gasteiger partial charge in [0.15, 0.2) is 5.03 Å². The maximum atomic E-state index is 12.2. The molecule has 0 aromatic carbocycles. The summed E-state index contributed by atoms with van der Waals surface area (Å²) in [5.41, 5.74) is 0.719. The zero-order valence-electron chi connectivity index (χ0n) is 11.2. The molecule has 1 fully saturated rings. The first-order valence-electron chi connectivity index (χ1n) is 6.30. The predicted molar refractivity (Wildman–Crippen MR) is 76.1 cm³/mol. The van der Waals surface area contributed by atoms with Crippen LogP contribution in [0.3, 0.4) is 0 Å². The van der Waals surface area contributed by atoms with E-state index < -0.39 is 10.0 Å². The highest BCUT2D eigenvalue weighted by Crippen LogP contribution is 2.12. The van der Waals surface area contributed by atoms with Crippen molar-refractivity contribution in [1.29, 1.82) is 0 Å². The van der Waals surface area contributed by atoms with Crippen LogP contribution in [0.2, 0.25) is 0 Å². The first-order valence-corrected chi connectivity index (χ1v) is 7.78. The van der Waals surface area contributed by atoms with E-state index in [9.17, 15) is 8.42 Å². The Hall–Kier alpha value is -0.630. The van der Waals surface area contributed by atoms with Crippen LogP contribution in [0.1, 0.15) is 25.5 Å². The average Bonchev–Trinajstić information content (AvgIpc) is 2.95. The van der Waals surface area contributed by atoms with Crippen LogP contribution in [0.4, 0.5) is 0 Å². The molecule has 1 aliphatic rings. The van der Waals surface area contributed by atoms with Crippen molar-refractivity contribution >= 4 is 22.4 Å². The van der Waals surface area contributed by atoms with Gasteiger partial charge in [-0.3, -0.25) is 4.68 Å². The quantitative estimate of drug-likeness (QED) is 0.838. The molecule has 1 aliphatic heterocycles. The summed E-state index contributed by atoms with van der Waals surface area (Å²) in [5.74, 6) is 0. The molecule has 2 rings (SSSR count). The molecule has 6 nitrogen and oxygen atoms in total. The Morgan fingerprint density at radius 2 is 2.32 bits per heavy atom. The van der Waals surface area contributed by atoms with E-state index in [1.165, 1.54) is 4.68 Å². The van der Waals surface area contributed by atoms with E-state index in [2.05, 4.69) is 15.1 Å². The van der Waals surface area contributed by atoms with Crippen molar-refractivity contribution in [3.8, 4) is 0 Å². The van der Waals surface area contributed by atoms with Crippen molar-refractivity contribution in [2.75, 3.05) is 13.1 Å². The maximum absolute atomic E-state index is 12.2. The van der Waals surface area contributed by atoms with E-state index >= 15 is 0 Å². The van der Waals surface area contributed by atoms with Crippen molar-refractivity contribution in [3.63, 3.8) is 0 Å². The van der Waals surface area contributed by atoms with Crippen LogP contribution in [0.25, 0.3) is 0 Å². The second-order valence-electron chi connectivity index (χ2n) is 4.58.